The normalized spacial score (nSPS) is 25.4. The van der Waals surface area contributed by atoms with Gasteiger partial charge in [0.1, 0.15) is 5.54 Å². The molecule has 1 aliphatic carbocycles. The second-order valence-corrected chi connectivity index (χ2v) is 4.91. The highest BCUT2D eigenvalue weighted by Crippen LogP contribution is 2.31. The summed E-state index contributed by atoms with van der Waals surface area (Å²) in [5.41, 5.74) is -0.0806. The van der Waals surface area contributed by atoms with Crippen molar-refractivity contribution in [1.82, 2.24) is 0 Å². The van der Waals surface area contributed by atoms with E-state index in [1.807, 2.05) is 37.3 Å². The summed E-state index contributed by atoms with van der Waals surface area (Å²) in [7, 11) is 0. The summed E-state index contributed by atoms with van der Waals surface area (Å²) < 4.78 is 0. The Balaban J connectivity index is 2.27. The molecule has 1 aromatic carbocycles. The van der Waals surface area contributed by atoms with Crippen LogP contribution in [0.15, 0.2) is 30.3 Å². The molecule has 0 radical (unpaired) electrons. The first-order chi connectivity index (χ1) is 8.14. The molecule has 17 heavy (non-hydrogen) atoms. The summed E-state index contributed by atoms with van der Waals surface area (Å²) in [5, 5.41) is 11.5. The first-order valence-corrected chi connectivity index (χ1v) is 6.22. The molecule has 0 aromatic heterocycles. The molecule has 92 valence electrons. The Hall–Kier alpha value is -1.35. The molecule has 1 aliphatic rings. The van der Waals surface area contributed by atoms with E-state index < -0.39 is 5.54 Å². The summed E-state index contributed by atoms with van der Waals surface area (Å²) in [5.74, 6) is 0.140. The third-order valence-electron chi connectivity index (χ3n) is 3.64. The van der Waals surface area contributed by atoms with Crippen molar-refractivity contribution in [3.8, 4) is 0 Å². The topological polar surface area (TPSA) is 40.5 Å². The molecular formula is C14H19NO2. The van der Waals surface area contributed by atoms with Gasteiger partial charge >= 0.3 is 0 Å². The van der Waals surface area contributed by atoms with E-state index in [2.05, 4.69) is 0 Å². The number of rotatable bonds is 2. The molecule has 1 atom stereocenters. The van der Waals surface area contributed by atoms with Crippen LogP contribution in [0, 0.1) is 0 Å². The van der Waals surface area contributed by atoms with Crippen molar-refractivity contribution in [1.29, 1.82) is 0 Å². The quantitative estimate of drug-likeness (QED) is 0.630. The van der Waals surface area contributed by atoms with Crippen LogP contribution in [0.3, 0.4) is 0 Å². The number of benzene rings is 1. The van der Waals surface area contributed by atoms with Crippen LogP contribution in [0.2, 0.25) is 0 Å². The summed E-state index contributed by atoms with van der Waals surface area (Å²) in [6.07, 6.45) is 4.30. The number of carbonyl (C=O) groups excluding carboxylic acids is 1. The lowest BCUT2D eigenvalue weighted by molar-refractivity contribution is -0.125. The van der Waals surface area contributed by atoms with Gasteiger partial charge in [-0.2, -0.15) is 0 Å². The minimum absolute atomic E-state index is 0.140. The molecule has 3 heteroatoms. The summed E-state index contributed by atoms with van der Waals surface area (Å²) in [4.78, 5) is 12.1. The third kappa shape index (κ3) is 2.34. The summed E-state index contributed by atoms with van der Waals surface area (Å²) >= 11 is 0. The smallest absolute Gasteiger partial charge is 0.160 e. The monoisotopic (exact) mass is 233 g/mol. The maximum Gasteiger partial charge on any atom is 0.160 e. The predicted octanol–water partition coefficient (Wildman–Crippen LogP) is 3.17. The summed E-state index contributed by atoms with van der Waals surface area (Å²) in [6.45, 7) is 1.84. The van der Waals surface area contributed by atoms with Crippen molar-refractivity contribution in [2.45, 2.75) is 44.6 Å². The van der Waals surface area contributed by atoms with Crippen LogP contribution in [-0.2, 0) is 4.79 Å². The molecule has 1 unspecified atom stereocenters. The highest BCUT2D eigenvalue weighted by atomic mass is 16.5. The van der Waals surface area contributed by atoms with Gasteiger partial charge in [0.2, 0.25) is 0 Å². The Kier molecular flexibility index (Phi) is 3.48. The molecule has 1 aromatic rings. The van der Waals surface area contributed by atoms with Crippen molar-refractivity contribution in [3.05, 3.63) is 30.3 Å². The van der Waals surface area contributed by atoms with Crippen LogP contribution >= 0.6 is 0 Å². The van der Waals surface area contributed by atoms with E-state index in [1.54, 1.807) is 0 Å². The number of hydrogen-bond acceptors (Lipinski definition) is 3. The second-order valence-electron chi connectivity index (χ2n) is 4.91. The highest BCUT2D eigenvalue weighted by molar-refractivity contribution is 5.91. The zero-order chi connectivity index (χ0) is 12.3. The molecule has 1 fully saturated rings. The first kappa shape index (κ1) is 12.1. The predicted molar refractivity (Wildman–Crippen MR) is 67.2 cm³/mol. The highest BCUT2D eigenvalue weighted by Gasteiger charge is 2.39. The fourth-order valence-corrected chi connectivity index (χ4v) is 2.42. The van der Waals surface area contributed by atoms with E-state index in [0.717, 1.165) is 30.7 Å². The van der Waals surface area contributed by atoms with E-state index >= 15 is 0 Å². The lowest BCUT2D eigenvalue weighted by Crippen LogP contribution is -2.50. The molecule has 0 saturated heterocycles. The molecular weight excluding hydrogens is 214 g/mol. The van der Waals surface area contributed by atoms with Crippen LogP contribution in [-0.4, -0.2) is 16.5 Å². The van der Waals surface area contributed by atoms with Gasteiger partial charge < -0.3 is 0 Å². The number of carbonyl (C=O) groups is 1. The Bertz CT molecular complexity index is 390. The van der Waals surface area contributed by atoms with Gasteiger partial charge in [0.25, 0.3) is 0 Å². The average molecular weight is 233 g/mol. The number of para-hydroxylation sites is 1. The Morgan fingerprint density at radius 1 is 1.18 bits per heavy atom. The van der Waals surface area contributed by atoms with E-state index in [9.17, 15) is 10.0 Å². The molecule has 1 N–H and O–H groups in total. The van der Waals surface area contributed by atoms with Crippen molar-refractivity contribution in [2.75, 3.05) is 5.06 Å². The van der Waals surface area contributed by atoms with Crippen LogP contribution in [0.5, 0.6) is 0 Å². The fraction of sp³-hybridized carbons (Fsp3) is 0.500. The maximum atomic E-state index is 12.1. The molecule has 0 bridgehead atoms. The number of hydroxylamine groups is 1. The average Bonchev–Trinajstić information content (AvgIpc) is 2.53. The third-order valence-corrected chi connectivity index (χ3v) is 3.64. The minimum Gasteiger partial charge on any atom is -0.297 e. The first-order valence-electron chi connectivity index (χ1n) is 6.22. The molecule has 2 rings (SSSR count). The van der Waals surface area contributed by atoms with Gasteiger partial charge in [-0.25, -0.2) is 5.06 Å². The minimum atomic E-state index is -0.766. The largest absolute Gasteiger partial charge is 0.297 e. The fourth-order valence-electron chi connectivity index (χ4n) is 2.42. The zero-order valence-electron chi connectivity index (χ0n) is 10.2. The Morgan fingerprint density at radius 2 is 1.88 bits per heavy atom. The maximum absolute atomic E-state index is 12.1. The van der Waals surface area contributed by atoms with Crippen LogP contribution in [0.1, 0.15) is 39.0 Å². The summed E-state index contributed by atoms with van der Waals surface area (Å²) in [6, 6.07) is 9.27. The number of Topliss-reactive ketones (excluding diaryl/α,β-unsaturated/α-hetero) is 1. The standard InChI is InChI=1S/C14H19NO2/c1-14(11-7-3-6-10-13(14)16)15(17)12-8-4-2-5-9-12/h2,4-5,8-9,17H,3,6-7,10-11H2,1H3. The number of ketones is 1. The lowest BCUT2D eigenvalue weighted by atomic mass is 9.90. The van der Waals surface area contributed by atoms with Crippen LogP contribution in [0.25, 0.3) is 0 Å². The van der Waals surface area contributed by atoms with Crippen LogP contribution < -0.4 is 5.06 Å². The van der Waals surface area contributed by atoms with Gasteiger partial charge in [-0.1, -0.05) is 31.0 Å². The molecule has 0 amide bonds. The van der Waals surface area contributed by atoms with Gasteiger partial charge in [-0.3, -0.25) is 10.0 Å². The van der Waals surface area contributed by atoms with Crippen molar-refractivity contribution in [3.63, 3.8) is 0 Å². The number of anilines is 1. The zero-order valence-corrected chi connectivity index (χ0v) is 10.2. The second kappa shape index (κ2) is 4.88. The van der Waals surface area contributed by atoms with E-state index in [0.29, 0.717) is 12.1 Å². The van der Waals surface area contributed by atoms with Gasteiger partial charge in [-0.05, 0) is 31.9 Å². The van der Waals surface area contributed by atoms with Gasteiger partial charge in [-0.15, -0.1) is 0 Å². The van der Waals surface area contributed by atoms with Gasteiger partial charge in [0, 0.05) is 6.42 Å². The number of nitrogens with zero attached hydrogens (tertiary/aromatic N) is 1. The van der Waals surface area contributed by atoms with Crippen molar-refractivity contribution in [2.24, 2.45) is 0 Å². The molecule has 3 nitrogen and oxygen atoms in total. The molecule has 0 spiro atoms. The van der Waals surface area contributed by atoms with Crippen LogP contribution in [0.4, 0.5) is 5.69 Å². The van der Waals surface area contributed by atoms with Gasteiger partial charge in [0.05, 0.1) is 5.69 Å². The SMILES string of the molecule is CC1(N(O)c2ccccc2)CCCCCC1=O. The molecule has 0 aliphatic heterocycles. The van der Waals surface area contributed by atoms with E-state index in [4.69, 9.17) is 0 Å². The van der Waals surface area contributed by atoms with E-state index in [1.165, 1.54) is 0 Å². The van der Waals surface area contributed by atoms with E-state index in [-0.39, 0.29) is 5.78 Å². The van der Waals surface area contributed by atoms with Crippen molar-refractivity contribution >= 4 is 11.5 Å². The lowest BCUT2D eigenvalue weighted by Gasteiger charge is -2.36. The number of hydrogen-bond donors (Lipinski definition) is 1. The van der Waals surface area contributed by atoms with Crippen molar-refractivity contribution < 1.29 is 10.0 Å². The molecule has 0 heterocycles. The molecule has 1 saturated carbocycles. The van der Waals surface area contributed by atoms with Gasteiger partial charge in [0.15, 0.2) is 5.78 Å². The Labute approximate surface area is 102 Å². The Morgan fingerprint density at radius 3 is 2.59 bits per heavy atom.